The Bertz CT molecular complexity index is 1090. The minimum atomic E-state index is -4.54. The van der Waals surface area contributed by atoms with Gasteiger partial charge in [-0.1, -0.05) is 0 Å². The summed E-state index contributed by atoms with van der Waals surface area (Å²) in [5, 5.41) is 0. The molecule has 0 amide bonds. The summed E-state index contributed by atoms with van der Waals surface area (Å²) in [6.45, 7) is 0. The van der Waals surface area contributed by atoms with E-state index in [1.165, 1.54) is 12.1 Å². The number of halogens is 5. The minimum Gasteiger partial charge on any atom is -0.421 e. The van der Waals surface area contributed by atoms with E-state index in [0.717, 1.165) is 15.7 Å². The molecule has 13 heteroatoms. The van der Waals surface area contributed by atoms with Gasteiger partial charge in [-0.15, -0.1) is 0 Å². The molecule has 0 spiro atoms. The standard InChI is InChI=1S/C16H7F2I3O7S/c17-12(15(22)27-8-3-1-7(19)2-4-8)13(18)16(23)28-9-5-10(20)14(11(21)6-9)29(24,25)26/h1-6H,(H,24,25,26)/b13-12-. The SMILES string of the molecule is O=C(Oc1ccc(I)cc1)/C(F)=C(/F)C(=O)Oc1cc(I)c(S(=O)(=O)O)c(I)c1. The number of carbonyl (C=O) groups is 2. The fourth-order valence-electron chi connectivity index (χ4n) is 1.83. The number of esters is 2. The average molecular weight is 762 g/mol. The van der Waals surface area contributed by atoms with Gasteiger partial charge in [-0.2, -0.15) is 17.2 Å². The van der Waals surface area contributed by atoms with Crippen LogP contribution in [0.5, 0.6) is 11.5 Å². The van der Waals surface area contributed by atoms with Gasteiger partial charge in [-0.3, -0.25) is 4.55 Å². The lowest BCUT2D eigenvalue weighted by atomic mass is 10.3. The van der Waals surface area contributed by atoms with E-state index in [4.69, 9.17) is 4.55 Å². The highest BCUT2D eigenvalue weighted by molar-refractivity contribution is 14.1. The van der Waals surface area contributed by atoms with Crippen molar-refractivity contribution in [3.05, 3.63) is 58.8 Å². The van der Waals surface area contributed by atoms with Gasteiger partial charge in [0.2, 0.25) is 0 Å². The van der Waals surface area contributed by atoms with E-state index in [1.54, 1.807) is 57.3 Å². The maximum absolute atomic E-state index is 14.0. The van der Waals surface area contributed by atoms with Crippen LogP contribution in [0.25, 0.3) is 0 Å². The second-order valence-electron chi connectivity index (χ2n) is 5.05. The molecular weight excluding hydrogens is 755 g/mol. The molecule has 2 aromatic rings. The predicted octanol–water partition coefficient (Wildman–Crippen LogP) is 4.41. The fraction of sp³-hybridized carbons (Fsp3) is 0. The molecule has 29 heavy (non-hydrogen) atoms. The Morgan fingerprint density at radius 2 is 1.24 bits per heavy atom. The summed E-state index contributed by atoms with van der Waals surface area (Å²) in [4.78, 5) is 23.0. The Kier molecular flexibility index (Phi) is 8.33. The third-order valence-corrected chi connectivity index (χ3v) is 7.12. The van der Waals surface area contributed by atoms with Crippen molar-refractivity contribution in [2.45, 2.75) is 4.90 Å². The van der Waals surface area contributed by atoms with Crippen LogP contribution in [0.3, 0.4) is 0 Å². The topological polar surface area (TPSA) is 107 Å². The first-order chi connectivity index (χ1) is 13.4. The lowest BCUT2D eigenvalue weighted by Crippen LogP contribution is -2.16. The largest absolute Gasteiger partial charge is 0.421 e. The molecule has 0 heterocycles. The Hall–Kier alpha value is -0.920. The number of hydrogen-bond donors (Lipinski definition) is 1. The van der Waals surface area contributed by atoms with E-state index in [9.17, 15) is 26.8 Å². The molecule has 0 bridgehead atoms. The molecule has 0 aliphatic rings. The number of ether oxygens (including phenoxy) is 2. The highest BCUT2D eigenvalue weighted by Gasteiger charge is 2.26. The molecule has 0 aliphatic heterocycles. The van der Waals surface area contributed by atoms with Gasteiger partial charge in [0.05, 0.1) is 0 Å². The molecule has 0 atom stereocenters. The van der Waals surface area contributed by atoms with E-state index in [-0.39, 0.29) is 18.6 Å². The third-order valence-electron chi connectivity index (χ3n) is 3.02. The second-order valence-corrected chi connectivity index (χ2v) is 9.98. The molecule has 0 saturated carbocycles. The van der Waals surface area contributed by atoms with Crippen LogP contribution in [0.15, 0.2) is 52.9 Å². The van der Waals surface area contributed by atoms with Crippen LogP contribution in [0, 0.1) is 10.7 Å². The summed E-state index contributed by atoms with van der Waals surface area (Å²) in [7, 11) is -4.54. The molecule has 7 nitrogen and oxygen atoms in total. The summed E-state index contributed by atoms with van der Waals surface area (Å²) in [5.41, 5.74) is 0. The number of hydrogen-bond acceptors (Lipinski definition) is 6. The van der Waals surface area contributed by atoms with Crippen molar-refractivity contribution in [2.75, 3.05) is 0 Å². The summed E-state index contributed by atoms with van der Waals surface area (Å²) in [6.07, 6.45) is 0. The van der Waals surface area contributed by atoms with Crippen molar-refractivity contribution in [3.8, 4) is 11.5 Å². The highest BCUT2D eigenvalue weighted by Crippen LogP contribution is 2.30. The van der Waals surface area contributed by atoms with E-state index < -0.39 is 38.6 Å². The Morgan fingerprint density at radius 3 is 1.66 bits per heavy atom. The molecule has 0 saturated heterocycles. The van der Waals surface area contributed by atoms with Crippen LogP contribution < -0.4 is 9.47 Å². The summed E-state index contributed by atoms with van der Waals surface area (Å²) < 4.78 is 69.7. The van der Waals surface area contributed by atoms with Crippen LogP contribution in [0.2, 0.25) is 0 Å². The van der Waals surface area contributed by atoms with Crippen molar-refractivity contribution in [1.82, 2.24) is 0 Å². The molecule has 2 aromatic carbocycles. The van der Waals surface area contributed by atoms with Crippen LogP contribution in [-0.2, 0) is 19.7 Å². The second kappa shape index (κ2) is 9.92. The Labute approximate surface area is 204 Å². The van der Waals surface area contributed by atoms with Crippen LogP contribution in [0.4, 0.5) is 8.78 Å². The van der Waals surface area contributed by atoms with Crippen LogP contribution in [-0.4, -0.2) is 24.9 Å². The zero-order chi connectivity index (χ0) is 21.9. The number of carbonyl (C=O) groups excluding carboxylic acids is 2. The molecular formula is C16H7F2I3O7S. The maximum Gasteiger partial charge on any atom is 0.376 e. The first kappa shape index (κ1) is 24.4. The average Bonchev–Trinajstić information content (AvgIpc) is 2.60. The monoisotopic (exact) mass is 762 g/mol. The van der Waals surface area contributed by atoms with Crippen molar-refractivity contribution in [1.29, 1.82) is 0 Å². The first-order valence-electron chi connectivity index (χ1n) is 7.12. The smallest absolute Gasteiger partial charge is 0.376 e. The fourth-order valence-corrected chi connectivity index (χ4v) is 6.18. The Balaban J connectivity index is 2.20. The zero-order valence-corrected chi connectivity index (χ0v) is 20.9. The summed E-state index contributed by atoms with van der Waals surface area (Å²) >= 11 is 5.09. The summed E-state index contributed by atoms with van der Waals surface area (Å²) in [6, 6.07) is 7.86. The van der Waals surface area contributed by atoms with Crippen molar-refractivity contribution >= 4 is 89.8 Å². The van der Waals surface area contributed by atoms with Gasteiger partial charge in [0.15, 0.2) is 0 Å². The molecule has 1 N–H and O–H groups in total. The maximum atomic E-state index is 14.0. The molecule has 0 aromatic heterocycles. The minimum absolute atomic E-state index is 0.0252. The van der Waals surface area contributed by atoms with Crippen LogP contribution in [0.1, 0.15) is 0 Å². The van der Waals surface area contributed by atoms with E-state index in [1.807, 2.05) is 22.6 Å². The molecule has 0 aliphatic carbocycles. The zero-order valence-electron chi connectivity index (χ0n) is 13.7. The summed E-state index contributed by atoms with van der Waals surface area (Å²) in [5.74, 6) is -8.15. The van der Waals surface area contributed by atoms with Gasteiger partial charge < -0.3 is 9.47 Å². The molecule has 154 valence electrons. The van der Waals surface area contributed by atoms with E-state index in [0.29, 0.717) is 0 Å². The van der Waals surface area contributed by atoms with Crippen molar-refractivity contribution in [2.24, 2.45) is 0 Å². The van der Waals surface area contributed by atoms with Crippen LogP contribution >= 0.6 is 67.8 Å². The van der Waals surface area contributed by atoms with Gasteiger partial charge in [0, 0.05) is 10.7 Å². The molecule has 0 radical (unpaired) electrons. The molecule has 0 fully saturated rings. The van der Waals surface area contributed by atoms with Gasteiger partial charge in [0.1, 0.15) is 16.4 Å². The lowest BCUT2D eigenvalue weighted by molar-refractivity contribution is -0.135. The van der Waals surface area contributed by atoms with E-state index in [2.05, 4.69) is 9.47 Å². The normalized spacial score (nSPS) is 12.2. The van der Waals surface area contributed by atoms with Gasteiger partial charge in [-0.05, 0) is 104 Å². The molecule has 2 rings (SSSR count). The van der Waals surface area contributed by atoms with Gasteiger partial charge in [0.25, 0.3) is 21.8 Å². The van der Waals surface area contributed by atoms with Gasteiger partial charge in [-0.25, -0.2) is 9.59 Å². The Morgan fingerprint density at radius 1 is 0.828 bits per heavy atom. The quantitative estimate of drug-likeness (QED) is 0.158. The molecule has 0 unspecified atom stereocenters. The lowest BCUT2D eigenvalue weighted by Gasteiger charge is -2.09. The van der Waals surface area contributed by atoms with E-state index >= 15 is 0 Å². The predicted molar refractivity (Wildman–Crippen MR) is 121 cm³/mol. The highest BCUT2D eigenvalue weighted by atomic mass is 127. The van der Waals surface area contributed by atoms with Gasteiger partial charge >= 0.3 is 11.9 Å². The number of rotatable bonds is 5. The van der Waals surface area contributed by atoms with Crippen molar-refractivity contribution < 1.29 is 40.8 Å². The third kappa shape index (κ3) is 6.53. The van der Waals surface area contributed by atoms with Crippen molar-refractivity contribution in [3.63, 3.8) is 0 Å². The first-order valence-corrected chi connectivity index (χ1v) is 11.8. The number of benzene rings is 2.